The fourth-order valence-corrected chi connectivity index (χ4v) is 5.49. The maximum Gasteiger partial charge on any atom is 0.311 e. The molecule has 4 saturated carbocycles. The molecular formula is C15H22O4. The molecule has 0 radical (unpaired) electrons. The Kier molecular flexibility index (Phi) is 2.88. The number of carbonyl (C=O) groups excluding carboxylic acids is 2. The third-order valence-corrected chi connectivity index (χ3v) is 5.55. The van der Waals surface area contributed by atoms with Crippen molar-refractivity contribution in [3.63, 3.8) is 0 Å². The van der Waals surface area contributed by atoms with Gasteiger partial charge >= 0.3 is 11.9 Å². The minimum atomic E-state index is -0.313. The average Bonchev–Trinajstić information content (AvgIpc) is 2.35. The molecule has 0 amide bonds. The third kappa shape index (κ3) is 1.96. The van der Waals surface area contributed by atoms with Crippen LogP contribution in [0.1, 0.15) is 44.9 Å². The van der Waals surface area contributed by atoms with Crippen LogP contribution in [0.4, 0.5) is 0 Å². The molecule has 0 N–H and O–H groups in total. The number of hydrogen-bond acceptors (Lipinski definition) is 4. The van der Waals surface area contributed by atoms with E-state index in [0.29, 0.717) is 18.3 Å². The van der Waals surface area contributed by atoms with E-state index >= 15 is 0 Å². The molecule has 4 rings (SSSR count). The molecule has 4 heteroatoms. The van der Waals surface area contributed by atoms with Crippen molar-refractivity contribution < 1.29 is 19.1 Å². The molecule has 0 spiro atoms. The van der Waals surface area contributed by atoms with Crippen LogP contribution in [0.15, 0.2) is 0 Å². The van der Waals surface area contributed by atoms with Gasteiger partial charge in [-0.25, -0.2) is 0 Å². The van der Waals surface area contributed by atoms with Gasteiger partial charge in [0, 0.05) is 0 Å². The second-order valence-electron chi connectivity index (χ2n) is 6.99. The lowest BCUT2D eigenvalue weighted by molar-refractivity contribution is -0.182. The number of hydrogen-bond donors (Lipinski definition) is 0. The van der Waals surface area contributed by atoms with Gasteiger partial charge in [-0.15, -0.1) is 0 Å². The van der Waals surface area contributed by atoms with Crippen LogP contribution in [0.2, 0.25) is 0 Å². The molecule has 2 unspecified atom stereocenters. The van der Waals surface area contributed by atoms with Crippen LogP contribution in [0.5, 0.6) is 0 Å². The number of methoxy groups -OCH3 is 2. The number of carbonyl (C=O) groups is 2. The van der Waals surface area contributed by atoms with E-state index in [4.69, 9.17) is 9.47 Å². The zero-order valence-corrected chi connectivity index (χ0v) is 11.7. The van der Waals surface area contributed by atoms with Crippen molar-refractivity contribution in [1.82, 2.24) is 0 Å². The Morgan fingerprint density at radius 3 is 2.21 bits per heavy atom. The van der Waals surface area contributed by atoms with Crippen molar-refractivity contribution >= 4 is 11.9 Å². The van der Waals surface area contributed by atoms with Crippen LogP contribution in [-0.2, 0) is 19.1 Å². The molecule has 4 aliphatic rings. The summed E-state index contributed by atoms with van der Waals surface area (Å²) in [6.45, 7) is 0. The van der Waals surface area contributed by atoms with E-state index in [9.17, 15) is 9.59 Å². The summed E-state index contributed by atoms with van der Waals surface area (Å²) in [6, 6.07) is 0. The van der Waals surface area contributed by atoms with Gasteiger partial charge in [-0.2, -0.15) is 0 Å². The molecule has 4 aliphatic carbocycles. The minimum absolute atomic E-state index is 0.00856. The Morgan fingerprint density at radius 1 is 1.05 bits per heavy atom. The predicted octanol–water partition coefficient (Wildman–Crippen LogP) is 2.31. The highest BCUT2D eigenvalue weighted by molar-refractivity contribution is 5.78. The molecule has 106 valence electrons. The summed E-state index contributed by atoms with van der Waals surface area (Å²) in [5.41, 5.74) is -0.321. The van der Waals surface area contributed by atoms with Crippen molar-refractivity contribution in [2.75, 3.05) is 14.2 Å². The highest BCUT2D eigenvalue weighted by Gasteiger charge is 2.61. The fraction of sp³-hybridized carbons (Fsp3) is 0.867. The second-order valence-corrected chi connectivity index (χ2v) is 6.99. The van der Waals surface area contributed by atoms with E-state index in [-0.39, 0.29) is 22.8 Å². The number of ether oxygens (including phenoxy) is 2. The largest absolute Gasteiger partial charge is 0.469 e. The molecule has 0 aromatic heterocycles. The Balaban J connectivity index is 1.88. The van der Waals surface area contributed by atoms with Gasteiger partial charge in [0.25, 0.3) is 0 Å². The highest BCUT2D eigenvalue weighted by atomic mass is 16.5. The lowest BCUT2D eigenvalue weighted by Crippen LogP contribution is -2.55. The summed E-state index contributed by atoms with van der Waals surface area (Å²) in [6.07, 6.45) is 6.58. The third-order valence-electron chi connectivity index (χ3n) is 5.55. The number of esters is 2. The highest BCUT2D eigenvalue weighted by Crippen LogP contribution is 2.66. The molecule has 0 aromatic rings. The summed E-state index contributed by atoms with van der Waals surface area (Å²) in [5.74, 6) is 0.979. The van der Waals surface area contributed by atoms with E-state index in [2.05, 4.69) is 0 Å². The molecule has 4 nitrogen and oxygen atoms in total. The first-order valence-corrected chi connectivity index (χ1v) is 7.16. The van der Waals surface area contributed by atoms with Gasteiger partial charge in [0.05, 0.1) is 26.1 Å². The summed E-state index contributed by atoms with van der Waals surface area (Å²) >= 11 is 0. The first kappa shape index (κ1) is 12.9. The Bertz CT molecular complexity index is 400. The van der Waals surface area contributed by atoms with Crippen LogP contribution in [-0.4, -0.2) is 26.2 Å². The van der Waals surface area contributed by atoms with Gasteiger partial charge in [0.1, 0.15) is 0 Å². The fourth-order valence-electron chi connectivity index (χ4n) is 5.49. The van der Waals surface area contributed by atoms with Crippen LogP contribution in [0, 0.1) is 22.7 Å². The minimum Gasteiger partial charge on any atom is -0.469 e. The van der Waals surface area contributed by atoms with Crippen LogP contribution < -0.4 is 0 Å². The van der Waals surface area contributed by atoms with Crippen LogP contribution in [0.3, 0.4) is 0 Å². The predicted molar refractivity (Wildman–Crippen MR) is 68.2 cm³/mol. The molecule has 2 atom stereocenters. The molecule has 19 heavy (non-hydrogen) atoms. The van der Waals surface area contributed by atoms with Crippen molar-refractivity contribution in [3.8, 4) is 0 Å². The maximum atomic E-state index is 12.2. The zero-order valence-electron chi connectivity index (χ0n) is 11.7. The molecule has 4 fully saturated rings. The van der Waals surface area contributed by atoms with Crippen molar-refractivity contribution in [1.29, 1.82) is 0 Å². The van der Waals surface area contributed by atoms with Crippen molar-refractivity contribution in [3.05, 3.63) is 0 Å². The second kappa shape index (κ2) is 4.22. The molecule has 4 bridgehead atoms. The summed E-state index contributed by atoms with van der Waals surface area (Å²) < 4.78 is 9.91. The van der Waals surface area contributed by atoms with Gasteiger partial charge < -0.3 is 9.47 Å². The average molecular weight is 266 g/mol. The summed E-state index contributed by atoms with van der Waals surface area (Å²) in [5, 5.41) is 0. The lowest BCUT2D eigenvalue weighted by Gasteiger charge is -2.60. The quantitative estimate of drug-likeness (QED) is 0.736. The topological polar surface area (TPSA) is 52.6 Å². The van der Waals surface area contributed by atoms with Gasteiger partial charge in [-0.3, -0.25) is 9.59 Å². The van der Waals surface area contributed by atoms with E-state index in [1.165, 1.54) is 20.6 Å². The summed E-state index contributed by atoms with van der Waals surface area (Å²) in [7, 11) is 2.92. The first-order valence-electron chi connectivity index (χ1n) is 7.16. The summed E-state index contributed by atoms with van der Waals surface area (Å²) in [4.78, 5) is 23.9. The standard InChI is InChI=1S/C15H22O4/c1-18-12(16)8-14-4-10-3-11(5-14)7-15(6-10,9-14)13(17)19-2/h10-11H,3-9H2,1-2H3. The Labute approximate surface area is 113 Å². The Morgan fingerprint density at radius 2 is 1.68 bits per heavy atom. The van der Waals surface area contributed by atoms with E-state index < -0.39 is 0 Å². The van der Waals surface area contributed by atoms with E-state index in [1.807, 2.05) is 0 Å². The van der Waals surface area contributed by atoms with Gasteiger partial charge in [0.2, 0.25) is 0 Å². The van der Waals surface area contributed by atoms with Crippen molar-refractivity contribution in [2.45, 2.75) is 44.9 Å². The molecule has 0 heterocycles. The van der Waals surface area contributed by atoms with Crippen molar-refractivity contribution in [2.24, 2.45) is 22.7 Å². The SMILES string of the molecule is COC(=O)CC12CC3CC(C1)CC(C(=O)OC)(C3)C2. The number of rotatable bonds is 3. The molecule has 0 saturated heterocycles. The smallest absolute Gasteiger partial charge is 0.311 e. The monoisotopic (exact) mass is 266 g/mol. The molecule has 0 aliphatic heterocycles. The maximum absolute atomic E-state index is 12.2. The Hall–Kier alpha value is -1.06. The molecule has 0 aromatic carbocycles. The van der Waals surface area contributed by atoms with Crippen LogP contribution in [0.25, 0.3) is 0 Å². The lowest BCUT2D eigenvalue weighted by atomic mass is 9.43. The van der Waals surface area contributed by atoms with Crippen LogP contribution >= 0.6 is 0 Å². The van der Waals surface area contributed by atoms with Gasteiger partial charge in [-0.05, 0) is 55.8 Å². The first-order chi connectivity index (χ1) is 9.01. The van der Waals surface area contributed by atoms with Gasteiger partial charge in [-0.1, -0.05) is 0 Å². The van der Waals surface area contributed by atoms with Gasteiger partial charge in [0.15, 0.2) is 0 Å². The zero-order chi connectivity index (χ0) is 13.7. The normalized spacial score (nSPS) is 43.1. The van der Waals surface area contributed by atoms with E-state index in [0.717, 1.165) is 32.1 Å². The van der Waals surface area contributed by atoms with E-state index in [1.54, 1.807) is 0 Å². The molecular weight excluding hydrogens is 244 g/mol.